The summed E-state index contributed by atoms with van der Waals surface area (Å²) >= 11 is 5.84. The highest BCUT2D eigenvalue weighted by Gasteiger charge is 2.11. The van der Waals surface area contributed by atoms with E-state index in [0.717, 1.165) is 5.69 Å². The first kappa shape index (κ1) is 12.4. The molecular formula is C13H8ClN5O. The third-order valence-electron chi connectivity index (χ3n) is 2.87. The molecule has 0 aliphatic carbocycles. The van der Waals surface area contributed by atoms with Gasteiger partial charge in [-0.2, -0.15) is 10.4 Å². The minimum atomic E-state index is -0.281. The lowest BCUT2D eigenvalue weighted by atomic mass is 10.3. The predicted octanol–water partition coefficient (Wildman–Crippen LogP) is 1.76. The van der Waals surface area contributed by atoms with Crippen LogP contribution in [0, 0.1) is 11.3 Å². The van der Waals surface area contributed by atoms with Crippen LogP contribution in [0.25, 0.3) is 16.7 Å². The molecule has 0 aliphatic rings. The molecule has 7 heteroatoms. The quantitative estimate of drug-likeness (QED) is 0.719. The molecule has 0 amide bonds. The van der Waals surface area contributed by atoms with E-state index in [-0.39, 0.29) is 12.1 Å². The molecule has 0 radical (unpaired) electrons. The topological polar surface area (TPSA) is 76.5 Å². The molecule has 0 saturated carbocycles. The Morgan fingerprint density at radius 1 is 1.30 bits per heavy atom. The minimum Gasteiger partial charge on any atom is -0.285 e. The number of nitrogens with zero attached hydrogens (tertiary/aromatic N) is 5. The van der Waals surface area contributed by atoms with Crippen LogP contribution < -0.4 is 5.56 Å². The van der Waals surface area contributed by atoms with Crippen molar-refractivity contribution in [3.63, 3.8) is 0 Å². The highest BCUT2D eigenvalue weighted by Crippen LogP contribution is 2.16. The molecule has 0 spiro atoms. The zero-order valence-corrected chi connectivity index (χ0v) is 10.9. The standard InChI is InChI=1S/C13H8ClN5O/c14-9-1-3-10(4-2-9)19-12-11(7-17-19)13(20)18(6-5-15)8-16-12/h1-4,7-8H,6H2. The van der Waals surface area contributed by atoms with E-state index in [4.69, 9.17) is 16.9 Å². The van der Waals surface area contributed by atoms with E-state index in [1.165, 1.54) is 17.1 Å². The van der Waals surface area contributed by atoms with Gasteiger partial charge in [0, 0.05) is 5.02 Å². The smallest absolute Gasteiger partial charge is 0.265 e. The summed E-state index contributed by atoms with van der Waals surface area (Å²) in [6.45, 7) is -0.0338. The highest BCUT2D eigenvalue weighted by molar-refractivity contribution is 6.30. The average Bonchev–Trinajstić information content (AvgIpc) is 2.88. The van der Waals surface area contributed by atoms with Crippen LogP contribution in [0.15, 0.2) is 41.6 Å². The maximum absolute atomic E-state index is 12.1. The van der Waals surface area contributed by atoms with Crippen LogP contribution in [-0.4, -0.2) is 19.3 Å². The summed E-state index contributed by atoms with van der Waals surface area (Å²) in [5, 5.41) is 13.8. The van der Waals surface area contributed by atoms with E-state index in [1.54, 1.807) is 28.9 Å². The first-order chi connectivity index (χ1) is 9.70. The number of halogens is 1. The lowest BCUT2D eigenvalue weighted by Gasteiger charge is -2.03. The Hall–Kier alpha value is -2.65. The predicted molar refractivity (Wildman–Crippen MR) is 73.7 cm³/mol. The zero-order valence-electron chi connectivity index (χ0n) is 10.2. The van der Waals surface area contributed by atoms with Crippen molar-refractivity contribution in [2.75, 3.05) is 0 Å². The SMILES string of the molecule is N#CCn1cnc2c(cnn2-c2ccc(Cl)cc2)c1=O. The van der Waals surface area contributed by atoms with Gasteiger partial charge in [-0.3, -0.25) is 9.36 Å². The Kier molecular flexibility index (Phi) is 2.97. The molecule has 3 rings (SSSR count). The molecular weight excluding hydrogens is 278 g/mol. The van der Waals surface area contributed by atoms with Crippen molar-refractivity contribution in [1.29, 1.82) is 5.26 Å². The van der Waals surface area contributed by atoms with Gasteiger partial charge in [0.05, 0.1) is 18.0 Å². The lowest BCUT2D eigenvalue weighted by Crippen LogP contribution is -2.19. The van der Waals surface area contributed by atoms with Crippen LogP contribution in [-0.2, 0) is 6.54 Å². The number of aromatic nitrogens is 4. The Morgan fingerprint density at radius 2 is 2.05 bits per heavy atom. The number of rotatable bonds is 2. The van der Waals surface area contributed by atoms with Crippen LogP contribution in [0.2, 0.25) is 5.02 Å². The fourth-order valence-electron chi connectivity index (χ4n) is 1.91. The third-order valence-corrected chi connectivity index (χ3v) is 3.12. The number of hydrogen-bond acceptors (Lipinski definition) is 4. The Bertz CT molecular complexity index is 872. The monoisotopic (exact) mass is 285 g/mol. The Morgan fingerprint density at radius 3 is 2.75 bits per heavy atom. The first-order valence-electron chi connectivity index (χ1n) is 5.77. The zero-order chi connectivity index (χ0) is 14.1. The molecule has 3 aromatic rings. The second-order valence-corrected chi connectivity index (χ2v) is 4.54. The molecule has 0 unspecified atom stereocenters. The summed E-state index contributed by atoms with van der Waals surface area (Å²) in [6.07, 6.45) is 2.80. The summed E-state index contributed by atoms with van der Waals surface area (Å²) in [7, 11) is 0. The Labute approximate surface area is 118 Å². The molecule has 98 valence electrons. The molecule has 0 N–H and O–H groups in total. The lowest BCUT2D eigenvalue weighted by molar-refractivity contribution is 0.771. The van der Waals surface area contributed by atoms with Crippen molar-refractivity contribution in [2.24, 2.45) is 0 Å². The number of nitriles is 1. The van der Waals surface area contributed by atoms with Crippen LogP contribution in [0.3, 0.4) is 0 Å². The molecule has 20 heavy (non-hydrogen) atoms. The molecule has 1 aromatic carbocycles. The van der Waals surface area contributed by atoms with Crippen LogP contribution in [0.4, 0.5) is 0 Å². The first-order valence-corrected chi connectivity index (χ1v) is 6.14. The minimum absolute atomic E-state index is 0.0338. The molecule has 0 saturated heterocycles. The normalized spacial score (nSPS) is 10.6. The molecule has 0 atom stereocenters. The van der Waals surface area contributed by atoms with Gasteiger partial charge in [-0.15, -0.1) is 0 Å². The van der Waals surface area contributed by atoms with Crippen LogP contribution >= 0.6 is 11.6 Å². The molecule has 2 heterocycles. The van der Waals surface area contributed by atoms with E-state index < -0.39 is 0 Å². The maximum atomic E-state index is 12.1. The van der Waals surface area contributed by atoms with Crippen LogP contribution in [0.1, 0.15) is 0 Å². The van der Waals surface area contributed by atoms with Crippen molar-refractivity contribution < 1.29 is 0 Å². The van der Waals surface area contributed by atoms with E-state index in [0.29, 0.717) is 16.1 Å². The van der Waals surface area contributed by atoms with E-state index in [9.17, 15) is 4.79 Å². The van der Waals surface area contributed by atoms with Gasteiger partial charge in [0.1, 0.15) is 18.3 Å². The van der Waals surface area contributed by atoms with E-state index >= 15 is 0 Å². The van der Waals surface area contributed by atoms with Crippen molar-refractivity contribution in [3.8, 4) is 11.8 Å². The van der Waals surface area contributed by atoms with Gasteiger partial charge in [-0.05, 0) is 24.3 Å². The van der Waals surface area contributed by atoms with Gasteiger partial charge in [-0.1, -0.05) is 11.6 Å². The summed E-state index contributed by atoms with van der Waals surface area (Å²) in [5.41, 5.74) is 0.928. The van der Waals surface area contributed by atoms with Gasteiger partial charge in [0.25, 0.3) is 5.56 Å². The van der Waals surface area contributed by atoms with Gasteiger partial charge in [0.2, 0.25) is 0 Å². The summed E-state index contributed by atoms with van der Waals surface area (Å²) in [4.78, 5) is 16.3. The van der Waals surface area contributed by atoms with Gasteiger partial charge in [0.15, 0.2) is 5.65 Å². The third kappa shape index (κ3) is 1.94. The summed E-state index contributed by atoms with van der Waals surface area (Å²) < 4.78 is 2.81. The highest BCUT2D eigenvalue weighted by atomic mass is 35.5. The van der Waals surface area contributed by atoms with E-state index in [2.05, 4.69) is 10.1 Å². The molecule has 0 bridgehead atoms. The van der Waals surface area contributed by atoms with Crippen molar-refractivity contribution in [3.05, 3.63) is 52.2 Å². The number of hydrogen-bond donors (Lipinski definition) is 0. The van der Waals surface area contributed by atoms with Crippen LogP contribution in [0.5, 0.6) is 0 Å². The van der Waals surface area contributed by atoms with Gasteiger partial charge in [-0.25, -0.2) is 9.67 Å². The Balaban J connectivity index is 2.20. The molecule has 0 fully saturated rings. The fourth-order valence-corrected chi connectivity index (χ4v) is 2.03. The van der Waals surface area contributed by atoms with Crippen molar-refractivity contribution in [2.45, 2.75) is 6.54 Å². The second kappa shape index (κ2) is 4.79. The van der Waals surface area contributed by atoms with Gasteiger partial charge < -0.3 is 0 Å². The molecule has 0 aliphatic heterocycles. The largest absolute Gasteiger partial charge is 0.285 e. The molecule has 2 aromatic heterocycles. The summed E-state index contributed by atoms with van der Waals surface area (Å²) in [5.74, 6) is 0. The maximum Gasteiger partial charge on any atom is 0.265 e. The summed E-state index contributed by atoms with van der Waals surface area (Å²) in [6, 6.07) is 8.97. The van der Waals surface area contributed by atoms with E-state index in [1.807, 2.05) is 6.07 Å². The molecule has 6 nitrogen and oxygen atoms in total. The number of fused-ring (bicyclic) bond motifs is 1. The average molecular weight is 286 g/mol. The fraction of sp³-hybridized carbons (Fsp3) is 0.0769. The number of benzene rings is 1. The van der Waals surface area contributed by atoms with Gasteiger partial charge >= 0.3 is 0 Å². The second-order valence-electron chi connectivity index (χ2n) is 4.11. The van der Waals surface area contributed by atoms with Crippen molar-refractivity contribution >= 4 is 22.6 Å². The van der Waals surface area contributed by atoms with Crippen molar-refractivity contribution in [1.82, 2.24) is 19.3 Å².